The van der Waals surface area contributed by atoms with Crippen molar-refractivity contribution in [2.45, 2.75) is 186 Å². The van der Waals surface area contributed by atoms with Gasteiger partial charge in [0.1, 0.15) is 0 Å². The lowest BCUT2D eigenvalue weighted by molar-refractivity contribution is -0.124. The zero-order chi connectivity index (χ0) is 34.9. The molecule has 10 heteroatoms. The number of phosphoric ester groups is 1. The molecule has 278 valence electrons. The smallest absolute Gasteiger partial charge is 0.393 e. The van der Waals surface area contributed by atoms with Gasteiger partial charge in [0.15, 0.2) is 0 Å². The van der Waals surface area contributed by atoms with Crippen LogP contribution in [0.3, 0.4) is 0 Å². The van der Waals surface area contributed by atoms with Crippen LogP contribution in [0.2, 0.25) is 0 Å². The molecule has 9 nitrogen and oxygen atoms in total. The highest BCUT2D eigenvalue weighted by molar-refractivity contribution is 7.47. The Hall–Kier alpha value is -1.06. The van der Waals surface area contributed by atoms with Crippen molar-refractivity contribution in [3.05, 3.63) is 24.3 Å². The van der Waals surface area contributed by atoms with E-state index < -0.39 is 38.6 Å². The van der Waals surface area contributed by atoms with Crippen LogP contribution in [-0.2, 0) is 18.4 Å². The standard InChI is InChI=1S/C37H73N2O7P/c1-3-5-7-9-11-13-14-15-16-17-18-19-20-21-23-25-27-29-36(41)35(33-46-47(43,44)45-31-30-38)39-37(42)32-34(40)28-26-24-22-12-10-8-6-4-2/h10,12,27,29,34-36,40-41H,3-9,11,13-26,28,30-33,38H2,1-2H3,(H,39,42)(H,43,44)/b12-10-,29-27+. The highest BCUT2D eigenvalue weighted by Crippen LogP contribution is 2.43. The molecule has 0 radical (unpaired) electrons. The summed E-state index contributed by atoms with van der Waals surface area (Å²) in [7, 11) is -4.39. The van der Waals surface area contributed by atoms with Crippen LogP contribution < -0.4 is 11.1 Å². The van der Waals surface area contributed by atoms with Gasteiger partial charge in [0.05, 0.1) is 37.9 Å². The van der Waals surface area contributed by atoms with E-state index in [1.165, 1.54) is 96.3 Å². The quantitative estimate of drug-likeness (QED) is 0.0252. The molecule has 0 bridgehead atoms. The summed E-state index contributed by atoms with van der Waals surface area (Å²) in [5.41, 5.74) is 5.34. The minimum atomic E-state index is -4.39. The molecule has 0 spiro atoms. The summed E-state index contributed by atoms with van der Waals surface area (Å²) in [6, 6.07) is -0.984. The monoisotopic (exact) mass is 689 g/mol. The highest BCUT2D eigenvalue weighted by Gasteiger charge is 2.27. The van der Waals surface area contributed by atoms with Crippen LogP contribution in [0.1, 0.15) is 168 Å². The number of rotatable bonds is 35. The van der Waals surface area contributed by atoms with Crippen molar-refractivity contribution >= 4 is 13.7 Å². The zero-order valence-electron chi connectivity index (χ0n) is 30.1. The lowest BCUT2D eigenvalue weighted by Gasteiger charge is -2.24. The summed E-state index contributed by atoms with van der Waals surface area (Å²) >= 11 is 0. The molecule has 0 heterocycles. The predicted molar refractivity (Wildman–Crippen MR) is 195 cm³/mol. The lowest BCUT2D eigenvalue weighted by atomic mass is 10.0. The number of aliphatic hydroxyl groups excluding tert-OH is 2. The van der Waals surface area contributed by atoms with Gasteiger partial charge in [0.2, 0.25) is 5.91 Å². The van der Waals surface area contributed by atoms with E-state index in [0.29, 0.717) is 6.42 Å². The van der Waals surface area contributed by atoms with Gasteiger partial charge >= 0.3 is 7.82 Å². The number of carbonyl (C=O) groups excluding carboxylic acids is 1. The van der Waals surface area contributed by atoms with E-state index in [0.717, 1.165) is 44.9 Å². The Morgan fingerprint density at radius 1 is 0.723 bits per heavy atom. The van der Waals surface area contributed by atoms with E-state index in [-0.39, 0.29) is 19.6 Å². The number of carbonyl (C=O) groups is 1. The highest BCUT2D eigenvalue weighted by atomic mass is 31.2. The number of amides is 1. The Balaban J connectivity index is 4.41. The van der Waals surface area contributed by atoms with Gasteiger partial charge in [-0.25, -0.2) is 4.57 Å². The predicted octanol–water partition coefficient (Wildman–Crippen LogP) is 8.80. The van der Waals surface area contributed by atoms with Crippen molar-refractivity contribution in [1.82, 2.24) is 5.32 Å². The Kier molecular flexibility index (Phi) is 32.7. The number of aliphatic hydroxyl groups is 2. The minimum absolute atomic E-state index is 0.0474. The molecule has 0 aromatic rings. The number of nitrogens with two attached hydrogens (primary N) is 1. The minimum Gasteiger partial charge on any atom is -0.393 e. The Morgan fingerprint density at radius 2 is 1.21 bits per heavy atom. The molecule has 6 N–H and O–H groups in total. The zero-order valence-corrected chi connectivity index (χ0v) is 31.0. The molecule has 0 fully saturated rings. The lowest BCUT2D eigenvalue weighted by Crippen LogP contribution is -2.46. The number of phosphoric acid groups is 1. The molecule has 0 aromatic heterocycles. The van der Waals surface area contributed by atoms with Crippen LogP contribution in [0.5, 0.6) is 0 Å². The van der Waals surface area contributed by atoms with Crippen molar-refractivity contribution in [3.8, 4) is 0 Å². The maximum Gasteiger partial charge on any atom is 0.472 e. The molecule has 47 heavy (non-hydrogen) atoms. The summed E-state index contributed by atoms with van der Waals surface area (Å²) in [5, 5.41) is 23.8. The van der Waals surface area contributed by atoms with Gasteiger partial charge in [-0.1, -0.05) is 147 Å². The van der Waals surface area contributed by atoms with E-state index in [1.807, 2.05) is 6.08 Å². The fourth-order valence-corrected chi connectivity index (χ4v) is 6.15. The third kappa shape index (κ3) is 31.9. The first-order chi connectivity index (χ1) is 22.8. The van der Waals surface area contributed by atoms with Crippen LogP contribution in [0.25, 0.3) is 0 Å². The SMILES string of the molecule is CCCC/C=C\CCCCC(O)CC(=O)NC(COP(=O)(O)OCCN)C(O)/C=C/CCCCCCCCCCCCCCCCC. The third-order valence-corrected chi connectivity index (χ3v) is 9.31. The van der Waals surface area contributed by atoms with Crippen LogP contribution in [0.15, 0.2) is 24.3 Å². The summed E-state index contributed by atoms with van der Waals surface area (Å²) in [6.07, 6.45) is 32.8. The van der Waals surface area contributed by atoms with Crippen molar-refractivity contribution in [1.29, 1.82) is 0 Å². The largest absolute Gasteiger partial charge is 0.472 e. The summed E-state index contributed by atoms with van der Waals surface area (Å²) in [6.45, 7) is 3.88. The molecule has 4 atom stereocenters. The molecule has 0 aliphatic heterocycles. The fraction of sp³-hybridized carbons (Fsp3) is 0.865. The molecule has 0 aromatic carbocycles. The topological polar surface area (TPSA) is 151 Å². The third-order valence-electron chi connectivity index (χ3n) is 8.33. The molecule has 0 aliphatic rings. The van der Waals surface area contributed by atoms with E-state index in [1.54, 1.807) is 6.08 Å². The average molecular weight is 689 g/mol. The van der Waals surface area contributed by atoms with Crippen molar-refractivity contribution in [2.24, 2.45) is 5.73 Å². The molecule has 1 amide bonds. The number of allylic oxidation sites excluding steroid dienone is 3. The Labute approximate surface area is 288 Å². The molecule has 0 aliphatic carbocycles. The fourth-order valence-electron chi connectivity index (χ4n) is 5.39. The average Bonchev–Trinajstić information content (AvgIpc) is 3.04. The Bertz CT molecular complexity index is 812. The van der Waals surface area contributed by atoms with E-state index >= 15 is 0 Å². The maximum absolute atomic E-state index is 12.7. The summed E-state index contributed by atoms with van der Waals surface area (Å²) in [4.78, 5) is 22.6. The second kappa shape index (κ2) is 33.4. The molecule has 0 saturated carbocycles. The first kappa shape index (κ1) is 45.9. The molecular weight excluding hydrogens is 615 g/mol. The number of hydrogen-bond acceptors (Lipinski definition) is 7. The summed E-state index contributed by atoms with van der Waals surface area (Å²) < 4.78 is 21.9. The number of unbranched alkanes of at least 4 members (excludes halogenated alkanes) is 19. The van der Waals surface area contributed by atoms with Crippen molar-refractivity contribution in [2.75, 3.05) is 19.8 Å². The van der Waals surface area contributed by atoms with Gasteiger partial charge < -0.3 is 26.2 Å². The summed E-state index contributed by atoms with van der Waals surface area (Å²) in [5.74, 6) is -0.462. The van der Waals surface area contributed by atoms with Crippen LogP contribution >= 0.6 is 7.82 Å². The molecular formula is C37H73N2O7P. The van der Waals surface area contributed by atoms with Gasteiger partial charge in [-0.3, -0.25) is 13.8 Å². The maximum atomic E-state index is 12.7. The molecule has 4 unspecified atom stereocenters. The van der Waals surface area contributed by atoms with E-state index in [2.05, 4.69) is 31.3 Å². The van der Waals surface area contributed by atoms with E-state index in [9.17, 15) is 24.5 Å². The van der Waals surface area contributed by atoms with Crippen LogP contribution in [-0.4, -0.2) is 59.0 Å². The van der Waals surface area contributed by atoms with Crippen molar-refractivity contribution in [3.63, 3.8) is 0 Å². The number of hydrogen-bond donors (Lipinski definition) is 5. The van der Waals surface area contributed by atoms with Gasteiger partial charge in [-0.2, -0.15) is 0 Å². The first-order valence-corrected chi connectivity index (χ1v) is 20.5. The van der Waals surface area contributed by atoms with Gasteiger partial charge in [-0.15, -0.1) is 0 Å². The molecule has 0 saturated heterocycles. The normalized spacial score (nSPS) is 15.3. The van der Waals surface area contributed by atoms with Crippen LogP contribution in [0.4, 0.5) is 0 Å². The number of nitrogens with one attached hydrogen (secondary N) is 1. The van der Waals surface area contributed by atoms with Gasteiger partial charge in [0, 0.05) is 6.54 Å². The van der Waals surface area contributed by atoms with Crippen LogP contribution in [0, 0.1) is 0 Å². The Morgan fingerprint density at radius 3 is 1.77 bits per heavy atom. The van der Waals surface area contributed by atoms with Crippen molar-refractivity contribution < 1.29 is 33.5 Å². The van der Waals surface area contributed by atoms with Gasteiger partial charge in [0.25, 0.3) is 0 Å². The van der Waals surface area contributed by atoms with E-state index in [4.69, 9.17) is 14.8 Å². The second-order valence-corrected chi connectivity index (χ2v) is 14.4. The van der Waals surface area contributed by atoms with Gasteiger partial charge in [-0.05, 0) is 38.5 Å². The first-order valence-electron chi connectivity index (χ1n) is 19.0. The second-order valence-electron chi connectivity index (χ2n) is 13.0. The molecule has 0 rings (SSSR count).